The summed E-state index contributed by atoms with van der Waals surface area (Å²) in [6.45, 7) is 0. The number of halogens is 3. The van der Waals surface area contributed by atoms with Gasteiger partial charge in [0.2, 0.25) is 5.91 Å². The van der Waals surface area contributed by atoms with Gasteiger partial charge in [0.15, 0.2) is 9.84 Å². The van der Waals surface area contributed by atoms with Crippen LogP contribution in [0.3, 0.4) is 0 Å². The third-order valence-electron chi connectivity index (χ3n) is 3.93. The molecule has 2 heterocycles. The zero-order valence-corrected chi connectivity index (χ0v) is 11.6. The second kappa shape index (κ2) is 4.46. The molecule has 3 rings (SSSR count). The Hall–Kier alpha value is -1.57. The van der Waals surface area contributed by atoms with Crippen molar-refractivity contribution in [2.75, 3.05) is 16.4 Å². The van der Waals surface area contributed by atoms with E-state index in [0.717, 1.165) is 12.1 Å². The Balaban J connectivity index is 1.98. The minimum absolute atomic E-state index is 0.0696. The van der Waals surface area contributed by atoms with E-state index < -0.39 is 27.6 Å². The molecule has 2 aliphatic rings. The van der Waals surface area contributed by atoms with E-state index in [0.29, 0.717) is 0 Å². The summed E-state index contributed by atoms with van der Waals surface area (Å²) in [4.78, 5) is 13.2. The minimum atomic E-state index is -4.50. The predicted molar refractivity (Wildman–Crippen MR) is 69.5 cm³/mol. The zero-order valence-electron chi connectivity index (χ0n) is 10.8. The number of carbonyl (C=O) groups is 1. The number of hydrogen-bond donors (Lipinski definition) is 0. The number of sulfone groups is 1. The first-order chi connectivity index (χ1) is 9.67. The normalized spacial score (nSPS) is 28.0. The molecule has 1 amide bonds. The van der Waals surface area contributed by atoms with Gasteiger partial charge < -0.3 is 4.90 Å². The van der Waals surface area contributed by atoms with Crippen LogP contribution in [0.2, 0.25) is 0 Å². The van der Waals surface area contributed by atoms with E-state index in [4.69, 9.17) is 0 Å². The summed E-state index contributed by atoms with van der Waals surface area (Å²) in [5.74, 6) is -0.894. The molecule has 0 radical (unpaired) electrons. The molecular formula is C13H12F3NO3S. The quantitative estimate of drug-likeness (QED) is 0.794. The van der Waals surface area contributed by atoms with Crippen LogP contribution in [-0.2, 0) is 20.8 Å². The summed E-state index contributed by atoms with van der Waals surface area (Å²) < 4.78 is 61.5. The lowest BCUT2D eigenvalue weighted by atomic mass is 10.0. The fourth-order valence-corrected chi connectivity index (χ4v) is 5.13. The Morgan fingerprint density at radius 2 is 1.90 bits per heavy atom. The van der Waals surface area contributed by atoms with Crippen molar-refractivity contribution in [1.82, 2.24) is 0 Å². The molecule has 0 aromatic heterocycles. The summed E-state index contributed by atoms with van der Waals surface area (Å²) >= 11 is 0. The first-order valence-corrected chi connectivity index (χ1v) is 8.19. The Morgan fingerprint density at radius 3 is 2.57 bits per heavy atom. The second-order valence-electron chi connectivity index (χ2n) is 5.42. The van der Waals surface area contributed by atoms with Crippen molar-refractivity contribution in [1.29, 1.82) is 0 Å². The van der Waals surface area contributed by atoms with Crippen molar-refractivity contribution in [2.24, 2.45) is 5.92 Å². The number of rotatable bonds is 1. The first-order valence-electron chi connectivity index (χ1n) is 6.37. The van der Waals surface area contributed by atoms with Crippen molar-refractivity contribution in [3.63, 3.8) is 0 Å². The van der Waals surface area contributed by atoms with Gasteiger partial charge in [-0.3, -0.25) is 4.79 Å². The topological polar surface area (TPSA) is 54.5 Å². The maximum absolute atomic E-state index is 12.7. The highest BCUT2D eigenvalue weighted by atomic mass is 32.2. The van der Waals surface area contributed by atoms with Crippen LogP contribution in [0, 0.1) is 5.92 Å². The number of carbonyl (C=O) groups excluding carboxylic acids is 1. The minimum Gasteiger partial charge on any atom is -0.308 e. The largest absolute Gasteiger partial charge is 0.416 e. The highest BCUT2D eigenvalue weighted by molar-refractivity contribution is 7.91. The molecule has 0 spiro atoms. The lowest BCUT2D eigenvalue weighted by molar-refractivity contribution is -0.137. The molecule has 0 bridgehead atoms. The van der Waals surface area contributed by atoms with Crippen LogP contribution in [-0.4, -0.2) is 31.9 Å². The summed E-state index contributed by atoms with van der Waals surface area (Å²) in [6, 6.07) is 3.90. The Morgan fingerprint density at radius 1 is 1.19 bits per heavy atom. The molecular weight excluding hydrogens is 307 g/mol. The summed E-state index contributed by atoms with van der Waals surface area (Å²) in [6.07, 6.45) is -4.43. The van der Waals surface area contributed by atoms with Gasteiger partial charge in [0.1, 0.15) is 0 Å². The maximum atomic E-state index is 12.7. The molecule has 2 fully saturated rings. The van der Waals surface area contributed by atoms with Crippen LogP contribution in [0.1, 0.15) is 12.0 Å². The van der Waals surface area contributed by atoms with E-state index in [-0.39, 0.29) is 35.4 Å². The Labute approximate surface area is 119 Å². The Bertz CT molecular complexity index is 699. The molecule has 0 unspecified atom stereocenters. The number of fused-ring (bicyclic) bond motifs is 1. The number of hydrogen-bond acceptors (Lipinski definition) is 3. The van der Waals surface area contributed by atoms with Crippen LogP contribution in [0.25, 0.3) is 0 Å². The SMILES string of the molecule is O=C1C[C@H]2CS(=O)(=O)C[C@@H]2N1c1cccc(C(F)(F)F)c1. The molecule has 2 atom stereocenters. The van der Waals surface area contributed by atoms with Crippen molar-refractivity contribution in [3.8, 4) is 0 Å². The molecule has 1 aromatic carbocycles. The fraction of sp³-hybridized carbons (Fsp3) is 0.462. The molecule has 21 heavy (non-hydrogen) atoms. The van der Waals surface area contributed by atoms with E-state index in [2.05, 4.69) is 0 Å². The van der Waals surface area contributed by atoms with Gasteiger partial charge in [-0.05, 0) is 18.2 Å². The molecule has 4 nitrogen and oxygen atoms in total. The molecule has 0 aliphatic carbocycles. The van der Waals surface area contributed by atoms with E-state index in [1.54, 1.807) is 0 Å². The van der Waals surface area contributed by atoms with Gasteiger partial charge in [-0.25, -0.2) is 8.42 Å². The van der Waals surface area contributed by atoms with Crippen LogP contribution in [0.4, 0.5) is 18.9 Å². The van der Waals surface area contributed by atoms with Crippen LogP contribution >= 0.6 is 0 Å². The van der Waals surface area contributed by atoms with E-state index in [1.165, 1.54) is 17.0 Å². The Kier molecular flexibility index (Phi) is 3.05. The van der Waals surface area contributed by atoms with Gasteiger partial charge in [-0.1, -0.05) is 6.07 Å². The van der Waals surface area contributed by atoms with Gasteiger partial charge in [0, 0.05) is 18.0 Å². The average Bonchev–Trinajstić information content (AvgIpc) is 2.78. The van der Waals surface area contributed by atoms with E-state index in [1.807, 2.05) is 0 Å². The van der Waals surface area contributed by atoms with Crippen LogP contribution in [0.15, 0.2) is 24.3 Å². The molecule has 2 aliphatic heterocycles. The number of alkyl halides is 3. The van der Waals surface area contributed by atoms with Gasteiger partial charge in [-0.2, -0.15) is 13.2 Å². The number of benzene rings is 1. The lowest BCUT2D eigenvalue weighted by Gasteiger charge is -2.24. The number of amides is 1. The molecule has 1 aromatic rings. The second-order valence-corrected chi connectivity index (χ2v) is 7.57. The number of nitrogens with zero attached hydrogens (tertiary/aromatic N) is 1. The highest BCUT2D eigenvalue weighted by Gasteiger charge is 2.49. The van der Waals surface area contributed by atoms with Crippen molar-refractivity contribution in [3.05, 3.63) is 29.8 Å². The lowest BCUT2D eigenvalue weighted by Crippen LogP contribution is -2.36. The summed E-state index contributed by atoms with van der Waals surface area (Å²) in [5.41, 5.74) is -0.739. The third kappa shape index (κ3) is 2.52. The monoisotopic (exact) mass is 319 g/mol. The maximum Gasteiger partial charge on any atom is 0.416 e. The first kappa shape index (κ1) is 14.4. The number of anilines is 1. The standard InChI is InChI=1S/C13H12F3NO3S/c14-13(15,16)9-2-1-3-10(5-9)17-11-7-21(19,20)6-8(11)4-12(17)18/h1-3,5,8,11H,4,6-7H2/t8-,11-/m0/s1. The highest BCUT2D eigenvalue weighted by Crippen LogP contribution is 2.39. The third-order valence-corrected chi connectivity index (χ3v) is 5.71. The summed E-state index contributed by atoms with van der Waals surface area (Å²) in [5, 5.41) is 0. The smallest absolute Gasteiger partial charge is 0.308 e. The molecule has 2 saturated heterocycles. The van der Waals surface area contributed by atoms with Gasteiger partial charge in [0.25, 0.3) is 0 Å². The molecule has 0 N–H and O–H groups in total. The molecule has 8 heteroatoms. The average molecular weight is 319 g/mol. The van der Waals surface area contributed by atoms with Gasteiger partial charge in [-0.15, -0.1) is 0 Å². The molecule has 0 saturated carbocycles. The van der Waals surface area contributed by atoms with Crippen molar-refractivity contribution in [2.45, 2.75) is 18.6 Å². The fourth-order valence-electron chi connectivity index (χ4n) is 3.06. The van der Waals surface area contributed by atoms with Crippen molar-refractivity contribution < 1.29 is 26.4 Å². The van der Waals surface area contributed by atoms with Gasteiger partial charge in [0.05, 0.1) is 23.1 Å². The van der Waals surface area contributed by atoms with Gasteiger partial charge >= 0.3 is 6.18 Å². The predicted octanol–water partition coefficient (Wildman–Crippen LogP) is 1.86. The van der Waals surface area contributed by atoms with Crippen LogP contribution < -0.4 is 4.90 Å². The van der Waals surface area contributed by atoms with Crippen molar-refractivity contribution >= 4 is 21.4 Å². The zero-order chi connectivity index (χ0) is 15.4. The summed E-state index contributed by atoms with van der Waals surface area (Å²) in [7, 11) is -3.22. The van der Waals surface area contributed by atoms with E-state index >= 15 is 0 Å². The molecule has 114 valence electrons. The van der Waals surface area contributed by atoms with Crippen LogP contribution in [0.5, 0.6) is 0 Å². The van der Waals surface area contributed by atoms with E-state index in [9.17, 15) is 26.4 Å².